The number of anilines is 1. The first-order chi connectivity index (χ1) is 10.6. The SMILES string of the molecule is CCC(CC)(CNCc1ccc(N2CCCC2)nc1)C(=O)O. The van der Waals surface area contributed by atoms with Crippen LogP contribution in [0.1, 0.15) is 45.1 Å². The number of pyridine rings is 1. The Kier molecular flexibility index (Phi) is 5.77. The van der Waals surface area contributed by atoms with Gasteiger partial charge in [-0.15, -0.1) is 0 Å². The van der Waals surface area contributed by atoms with E-state index >= 15 is 0 Å². The van der Waals surface area contributed by atoms with Crippen molar-refractivity contribution in [3.05, 3.63) is 23.9 Å². The van der Waals surface area contributed by atoms with E-state index in [-0.39, 0.29) is 0 Å². The predicted octanol–water partition coefficient (Wildman–Crippen LogP) is 2.66. The van der Waals surface area contributed by atoms with Gasteiger partial charge < -0.3 is 15.3 Å². The van der Waals surface area contributed by atoms with Crippen LogP contribution in [0, 0.1) is 5.41 Å². The monoisotopic (exact) mass is 305 g/mol. The van der Waals surface area contributed by atoms with Gasteiger partial charge in [-0.2, -0.15) is 0 Å². The van der Waals surface area contributed by atoms with Gasteiger partial charge in [0.2, 0.25) is 0 Å². The van der Waals surface area contributed by atoms with E-state index in [0.29, 0.717) is 25.9 Å². The Morgan fingerprint density at radius 3 is 2.50 bits per heavy atom. The van der Waals surface area contributed by atoms with Crippen LogP contribution in [0.3, 0.4) is 0 Å². The number of aromatic nitrogens is 1. The highest BCUT2D eigenvalue weighted by Crippen LogP contribution is 2.25. The van der Waals surface area contributed by atoms with Crippen molar-refractivity contribution in [1.29, 1.82) is 0 Å². The fraction of sp³-hybridized carbons (Fsp3) is 0.647. The summed E-state index contributed by atoms with van der Waals surface area (Å²) >= 11 is 0. The van der Waals surface area contributed by atoms with Crippen molar-refractivity contribution < 1.29 is 9.90 Å². The normalized spacial score (nSPS) is 15.3. The van der Waals surface area contributed by atoms with Crippen LogP contribution in [-0.2, 0) is 11.3 Å². The van der Waals surface area contributed by atoms with Gasteiger partial charge in [0, 0.05) is 32.4 Å². The number of aliphatic carboxylic acids is 1. The first-order valence-electron chi connectivity index (χ1n) is 8.25. The molecule has 2 heterocycles. The Bertz CT molecular complexity index is 477. The fourth-order valence-corrected chi connectivity index (χ4v) is 2.98. The highest BCUT2D eigenvalue weighted by Gasteiger charge is 2.34. The third kappa shape index (κ3) is 3.77. The molecule has 1 aromatic heterocycles. The first-order valence-corrected chi connectivity index (χ1v) is 8.25. The van der Waals surface area contributed by atoms with E-state index in [0.717, 1.165) is 24.5 Å². The second-order valence-corrected chi connectivity index (χ2v) is 6.11. The van der Waals surface area contributed by atoms with Crippen LogP contribution in [0.4, 0.5) is 5.82 Å². The molecule has 5 heteroatoms. The number of carboxylic acids is 1. The highest BCUT2D eigenvalue weighted by atomic mass is 16.4. The van der Waals surface area contributed by atoms with E-state index in [2.05, 4.69) is 27.3 Å². The number of rotatable bonds is 8. The van der Waals surface area contributed by atoms with Crippen molar-refractivity contribution in [1.82, 2.24) is 10.3 Å². The molecule has 1 aliphatic heterocycles. The topological polar surface area (TPSA) is 65.5 Å². The molecule has 2 N–H and O–H groups in total. The molecule has 0 radical (unpaired) electrons. The van der Waals surface area contributed by atoms with Crippen LogP contribution in [0.5, 0.6) is 0 Å². The Morgan fingerprint density at radius 2 is 2.00 bits per heavy atom. The van der Waals surface area contributed by atoms with Crippen LogP contribution >= 0.6 is 0 Å². The summed E-state index contributed by atoms with van der Waals surface area (Å²) in [7, 11) is 0. The van der Waals surface area contributed by atoms with Crippen LogP contribution in [0.15, 0.2) is 18.3 Å². The van der Waals surface area contributed by atoms with Gasteiger partial charge >= 0.3 is 5.97 Å². The van der Waals surface area contributed by atoms with Crippen molar-refractivity contribution in [2.24, 2.45) is 5.41 Å². The summed E-state index contributed by atoms with van der Waals surface area (Å²) < 4.78 is 0. The Balaban J connectivity index is 1.87. The van der Waals surface area contributed by atoms with Gasteiger partial charge in [-0.05, 0) is 37.3 Å². The van der Waals surface area contributed by atoms with Crippen LogP contribution in [0.2, 0.25) is 0 Å². The van der Waals surface area contributed by atoms with Crippen LogP contribution in [-0.4, -0.2) is 35.7 Å². The van der Waals surface area contributed by atoms with Gasteiger partial charge in [-0.1, -0.05) is 19.9 Å². The van der Waals surface area contributed by atoms with E-state index < -0.39 is 11.4 Å². The molecule has 0 saturated carbocycles. The largest absolute Gasteiger partial charge is 0.481 e. The number of nitrogens with zero attached hydrogens (tertiary/aromatic N) is 2. The molecule has 5 nitrogen and oxygen atoms in total. The highest BCUT2D eigenvalue weighted by molar-refractivity contribution is 5.74. The Morgan fingerprint density at radius 1 is 1.32 bits per heavy atom. The first kappa shape index (κ1) is 16.7. The molecule has 1 saturated heterocycles. The second-order valence-electron chi connectivity index (χ2n) is 6.11. The average Bonchev–Trinajstić information content (AvgIpc) is 3.06. The summed E-state index contributed by atoms with van der Waals surface area (Å²) in [6, 6.07) is 4.14. The summed E-state index contributed by atoms with van der Waals surface area (Å²) in [5.74, 6) is 0.329. The minimum atomic E-state index is -0.715. The second kappa shape index (κ2) is 7.58. The van der Waals surface area contributed by atoms with E-state index in [1.54, 1.807) is 0 Å². The zero-order chi connectivity index (χ0) is 16.0. The zero-order valence-corrected chi connectivity index (χ0v) is 13.6. The molecule has 1 aliphatic rings. The van der Waals surface area contributed by atoms with Crippen molar-refractivity contribution in [2.75, 3.05) is 24.5 Å². The molecule has 0 bridgehead atoms. The standard InChI is InChI=1S/C17H27N3O2/c1-3-17(4-2,16(21)22)13-18-11-14-7-8-15(19-12-14)20-9-5-6-10-20/h7-8,12,18H,3-6,9-11,13H2,1-2H3,(H,21,22). The molecule has 1 fully saturated rings. The van der Waals surface area contributed by atoms with Crippen molar-refractivity contribution in [2.45, 2.75) is 46.1 Å². The lowest BCUT2D eigenvalue weighted by Gasteiger charge is -2.27. The van der Waals surface area contributed by atoms with E-state index in [1.165, 1.54) is 12.8 Å². The fourth-order valence-electron chi connectivity index (χ4n) is 2.98. The van der Waals surface area contributed by atoms with Crippen LogP contribution in [0.25, 0.3) is 0 Å². The number of hydrogen-bond donors (Lipinski definition) is 2. The van der Waals surface area contributed by atoms with Crippen molar-refractivity contribution in [3.8, 4) is 0 Å². The zero-order valence-electron chi connectivity index (χ0n) is 13.6. The minimum absolute atomic E-state index is 0.489. The minimum Gasteiger partial charge on any atom is -0.481 e. The van der Waals surface area contributed by atoms with Gasteiger partial charge in [-0.25, -0.2) is 4.98 Å². The molecule has 122 valence electrons. The molecular formula is C17H27N3O2. The van der Waals surface area contributed by atoms with Gasteiger partial charge in [-0.3, -0.25) is 4.79 Å². The molecule has 0 aliphatic carbocycles. The molecule has 0 amide bonds. The molecule has 0 spiro atoms. The molecule has 0 atom stereocenters. The molecular weight excluding hydrogens is 278 g/mol. The summed E-state index contributed by atoms with van der Waals surface area (Å²) in [6.45, 7) is 7.21. The summed E-state index contributed by atoms with van der Waals surface area (Å²) in [4.78, 5) is 18.3. The van der Waals surface area contributed by atoms with Gasteiger partial charge in [0.15, 0.2) is 0 Å². The predicted molar refractivity (Wildman–Crippen MR) is 88.0 cm³/mol. The lowest BCUT2D eigenvalue weighted by molar-refractivity contribution is -0.149. The molecule has 22 heavy (non-hydrogen) atoms. The maximum Gasteiger partial charge on any atom is 0.310 e. The summed E-state index contributed by atoms with van der Waals surface area (Å²) in [5.41, 5.74) is 0.428. The Labute approximate surface area is 132 Å². The van der Waals surface area contributed by atoms with Gasteiger partial charge in [0.25, 0.3) is 0 Å². The third-order valence-corrected chi connectivity index (χ3v) is 4.84. The third-order valence-electron chi connectivity index (χ3n) is 4.84. The molecule has 0 aromatic carbocycles. The Hall–Kier alpha value is -1.62. The smallest absolute Gasteiger partial charge is 0.310 e. The lowest BCUT2D eigenvalue weighted by atomic mass is 9.82. The van der Waals surface area contributed by atoms with E-state index in [1.807, 2.05) is 20.0 Å². The van der Waals surface area contributed by atoms with Gasteiger partial charge in [0.05, 0.1) is 5.41 Å². The molecule has 2 rings (SSSR count). The molecule has 1 aromatic rings. The number of hydrogen-bond acceptors (Lipinski definition) is 4. The number of carbonyl (C=O) groups is 1. The van der Waals surface area contributed by atoms with Crippen molar-refractivity contribution >= 4 is 11.8 Å². The number of carboxylic acid groups (broad SMARTS) is 1. The van der Waals surface area contributed by atoms with E-state index in [9.17, 15) is 9.90 Å². The summed E-state index contributed by atoms with van der Waals surface area (Å²) in [6.07, 6.45) is 5.66. The lowest BCUT2D eigenvalue weighted by Crippen LogP contribution is -2.40. The average molecular weight is 305 g/mol. The number of nitrogens with one attached hydrogen (secondary N) is 1. The maximum absolute atomic E-state index is 11.5. The van der Waals surface area contributed by atoms with Gasteiger partial charge in [0.1, 0.15) is 5.82 Å². The molecule has 0 unspecified atom stereocenters. The summed E-state index contributed by atoms with van der Waals surface area (Å²) in [5, 5.41) is 12.7. The quantitative estimate of drug-likeness (QED) is 0.773. The van der Waals surface area contributed by atoms with Crippen LogP contribution < -0.4 is 10.2 Å². The maximum atomic E-state index is 11.5. The van der Waals surface area contributed by atoms with Crippen molar-refractivity contribution in [3.63, 3.8) is 0 Å². The van der Waals surface area contributed by atoms with E-state index in [4.69, 9.17) is 0 Å².